The van der Waals surface area contributed by atoms with Gasteiger partial charge in [0.25, 0.3) is 5.89 Å². The van der Waals surface area contributed by atoms with Crippen LogP contribution in [-0.4, -0.2) is 50.4 Å². The van der Waals surface area contributed by atoms with E-state index in [2.05, 4.69) is 35.7 Å². The number of carbonyl (C=O) groups excluding carboxylic acids is 2. The number of carbonyl (C=O) groups is 2. The smallest absolute Gasteiger partial charge is 0.325 e. The van der Waals surface area contributed by atoms with E-state index in [0.29, 0.717) is 28.8 Å². The van der Waals surface area contributed by atoms with Crippen molar-refractivity contribution in [2.45, 2.75) is 13.5 Å². The van der Waals surface area contributed by atoms with Gasteiger partial charge in [-0.2, -0.15) is 4.98 Å². The minimum atomic E-state index is -0.539. The molecule has 0 atom stereocenters. The number of methoxy groups -OCH3 is 1. The minimum absolute atomic E-state index is 0.112. The molecule has 0 radical (unpaired) electrons. The number of hydrogen-bond acceptors (Lipinski definition) is 8. The van der Waals surface area contributed by atoms with E-state index in [4.69, 9.17) is 4.52 Å². The van der Waals surface area contributed by atoms with Crippen LogP contribution in [0.4, 0.5) is 4.79 Å². The molecule has 3 aromatic rings. The fourth-order valence-electron chi connectivity index (χ4n) is 2.10. The second kappa shape index (κ2) is 6.95. The van der Waals surface area contributed by atoms with E-state index >= 15 is 0 Å². The molecule has 0 saturated carbocycles. The van der Waals surface area contributed by atoms with Crippen molar-refractivity contribution in [2.75, 3.05) is 13.7 Å². The average molecular weight is 345 g/mol. The molecule has 11 nitrogen and oxygen atoms in total. The summed E-state index contributed by atoms with van der Waals surface area (Å²) in [5, 5.41) is 16.9. The molecule has 130 valence electrons. The zero-order valence-corrected chi connectivity index (χ0v) is 13.5. The highest BCUT2D eigenvalue weighted by Gasteiger charge is 2.15. The number of amides is 2. The lowest BCUT2D eigenvalue weighted by atomic mass is 10.2. The summed E-state index contributed by atoms with van der Waals surface area (Å²) in [4.78, 5) is 26.8. The van der Waals surface area contributed by atoms with Crippen LogP contribution in [0.3, 0.4) is 0 Å². The van der Waals surface area contributed by atoms with Gasteiger partial charge in [0.2, 0.25) is 0 Å². The van der Waals surface area contributed by atoms with E-state index in [1.165, 1.54) is 7.11 Å². The number of pyridine rings is 1. The number of urea groups is 1. The molecular weight excluding hydrogens is 330 g/mol. The average Bonchev–Trinajstić information content (AvgIpc) is 3.23. The number of nitrogens with zero attached hydrogens (tertiary/aromatic N) is 5. The lowest BCUT2D eigenvalue weighted by molar-refractivity contribution is -0.139. The fraction of sp³-hybridized carbons (Fsp3) is 0.286. The first-order valence-corrected chi connectivity index (χ1v) is 7.30. The number of aromatic nitrogens is 5. The zero-order valence-electron chi connectivity index (χ0n) is 13.5. The number of aryl methyl sites for hydroxylation is 1. The third kappa shape index (κ3) is 3.54. The molecule has 2 N–H and O–H groups in total. The molecule has 0 aliphatic rings. The lowest BCUT2D eigenvalue weighted by Gasteiger charge is -2.06. The van der Waals surface area contributed by atoms with Crippen molar-refractivity contribution >= 4 is 17.6 Å². The molecule has 0 spiro atoms. The van der Waals surface area contributed by atoms with Gasteiger partial charge < -0.3 is 19.9 Å². The summed E-state index contributed by atoms with van der Waals surface area (Å²) in [5.74, 6) is 0.815. The van der Waals surface area contributed by atoms with Crippen LogP contribution in [-0.2, 0) is 16.1 Å². The van der Waals surface area contributed by atoms with Crippen molar-refractivity contribution in [3.8, 4) is 11.5 Å². The number of hydrogen-bond donors (Lipinski definition) is 2. The summed E-state index contributed by atoms with van der Waals surface area (Å²) >= 11 is 0. The van der Waals surface area contributed by atoms with Gasteiger partial charge in [-0.15, -0.1) is 10.2 Å². The molecule has 11 heteroatoms. The topological polar surface area (TPSA) is 137 Å². The molecule has 2 amide bonds. The zero-order chi connectivity index (χ0) is 17.8. The van der Waals surface area contributed by atoms with Gasteiger partial charge in [0.05, 0.1) is 19.2 Å². The molecule has 3 heterocycles. The van der Waals surface area contributed by atoms with E-state index < -0.39 is 12.0 Å². The van der Waals surface area contributed by atoms with Crippen LogP contribution >= 0.6 is 0 Å². The summed E-state index contributed by atoms with van der Waals surface area (Å²) < 4.78 is 11.3. The third-order valence-electron chi connectivity index (χ3n) is 3.29. The Labute approximate surface area is 141 Å². The maximum Gasteiger partial charge on any atom is 0.325 e. The Morgan fingerprint density at radius 1 is 1.32 bits per heavy atom. The highest BCUT2D eigenvalue weighted by Crippen LogP contribution is 2.21. The molecule has 3 rings (SSSR count). The Hall–Kier alpha value is -3.50. The van der Waals surface area contributed by atoms with Crippen LogP contribution in [0.15, 0.2) is 22.9 Å². The van der Waals surface area contributed by atoms with Crippen molar-refractivity contribution in [3.05, 3.63) is 30.0 Å². The maximum atomic E-state index is 11.7. The van der Waals surface area contributed by atoms with Crippen molar-refractivity contribution < 1.29 is 18.8 Å². The van der Waals surface area contributed by atoms with E-state index in [-0.39, 0.29) is 13.1 Å². The molecule has 0 fully saturated rings. The maximum absolute atomic E-state index is 11.7. The van der Waals surface area contributed by atoms with Crippen molar-refractivity contribution in [3.63, 3.8) is 0 Å². The molecule has 3 aromatic heterocycles. The molecule has 0 aromatic carbocycles. The van der Waals surface area contributed by atoms with Crippen LogP contribution in [0.25, 0.3) is 17.1 Å². The van der Waals surface area contributed by atoms with Gasteiger partial charge in [0, 0.05) is 6.20 Å². The number of fused-ring (bicyclic) bond motifs is 1. The molecular formula is C14H15N7O4. The number of nitrogens with one attached hydrogen (secondary N) is 2. The highest BCUT2D eigenvalue weighted by molar-refractivity contribution is 5.80. The Kier molecular flexibility index (Phi) is 4.55. The Morgan fingerprint density at radius 2 is 2.16 bits per heavy atom. The first-order chi connectivity index (χ1) is 12.1. The summed E-state index contributed by atoms with van der Waals surface area (Å²) in [6, 6.07) is 3.05. The van der Waals surface area contributed by atoms with Gasteiger partial charge in [0.15, 0.2) is 17.3 Å². The standard InChI is InChI=1S/C14H15N7O4/c1-8-17-13(25-20-8)9-4-3-5-21-10(18-19-12(9)21)6-15-14(23)16-7-11(22)24-2/h3-5H,6-7H2,1-2H3,(H2,15,16,23). The highest BCUT2D eigenvalue weighted by atomic mass is 16.5. The Balaban J connectivity index is 1.73. The van der Waals surface area contributed by atoms with Crippen LogP contribution in [0.5, 0.6) is 0 Å². The van der Waals surface area contributed by atoms with Gasteiger partial charge in [0.1, 0.15) is 6.54 Å². The second-order valence-corrected chi connectivity index (χ2v) is 4.99. The van der Waals surface area contributed by atoms with E-state index in [1.54, 1.807) is 29.7 Å². The molecule has 0 aliphatic heterocycles. The number of esters is 1. The monoisotopic (exact) mass is 345 g/mol. The van der Waals surface area contributed by atoms with Gasteiger partial charge in [-0.1, -0.05) is 5.16 Å². The summed E-state index contributed by atoms with van der Waals surface area (Å²) in [6.45, 7) is 1.61. The molecule has 0 saturated heterocycles. The summed E-state index contributed by atoms with van der Waals surface area (Å²) in [6.07, 6.45) is 1.76. The fourth-order valence-corrected chi connectivity index (χ4v) is 2.10. The van der Waals surface area contributed by atoms with Crippen molar-refractivity contribution in [2.24, 2.45) is 0 Å². The predicted molar refractivity (Wildman–Crippen MR) is 83.3 cm³/mol. The summed E-state index contributed by atoms with van der Waals surface area (Å²) in [7, 11) is 1.24. The van der Waals surface area contributed by atoms with Crippen LogP contribution < -0.4 is 10.6 Å². The largest absolute Gasteiger partial charge is 0.468 e. The number of rotatable bonds is 5. The van der Waals surface area contributed by atoms with E-state index in [0.717, 1.165) is 0 Å². The first kappa shape index (κ1) is 16.4. The lowest BCUT2D eigenvalue weighted by Crippen LogP contribution is -2.38. The van der Waals surface area contributed by atoms with Crippen molar-refractivity contribution in [1.82, 2.24) is 35.4 Å². The Bertz CT molecular complexity index is 917. The molecule has 0 aliphatic carbocycles. The van der Waals surface area contributed by atoms with E-state index in [9.17, 15) is 9.59 Å². The quantitative estimate of drug-likeness (QED) is 0.619. The normalized spacial score (nSPS) is 10.6. The van der Waals surface area contributed by atoms with Crippen LogP contribution in [0, 0.1) is 6.92 Å². The van der Waals surface area contributed by atoms with Crippen molar-refractivity contribution in [1.29, 1.82) is 0 Å². The van der Waals surface area contributed by atoms with Crippen LogP contribution in [0.2, 0.25) is 0 Å². The Morgan fingerprint density at radius 3 is 2.88 bits per heavy atom. The number of ether oxygens (including phenoxy) is 1. The van der Waals surface area contributed by atoms with Gasteiger partial charge in [-0.25, -0.2) is 4.79 Å². The van der Waals surface area contributed by atoms with Gasteiger partial charge >= 0.3 is 12.0 Å². The minimum Gasteiger partial charge on any atom is -0.468 e. The van der Waals surface area contributed by atoms with Gasteiger partial charge in [-0.3, -0.25) is 9.20 Å². The second-order valence-electron chi connectivity index (χ2n) is 4.99. The molecule has 25 heavy (non-hydrogen) atoms. The predicted octanol–water partition coefficient (Wildman–Crippen LogP) is 0.0599. The first-order valence-electron chi connectivity index (χ1n) is 7.30. The van der Waals surface area contributed by atoms with Crippen LogP contribution in [0.1, 0.15) is 11.6 Å². The summed E-state index contributed by atoms with van der Waals surface area (Å²) in [5.41, 5.74) is 1.16. The van der Waals surface area contributed by atoms with Gasteiger partial charge in [-0.05, 0) is 19.1 Å². The molecule has 0 bridgehead atoms. The van der Waals surface area contributed by atoms with E-state index in [1.807, 2.05) is 0 Å². The molecule has 0 unspecified atom stereocenters. The SMILES string of the molecule is COC(=O)CNC(=O)NCc1nnc2c(-c3nc(C)no3)cccn12. The third-order valence-corrected chi connectivity index (χ3v) is 3.29.